The smallest absolute Gasteiger partial charge is 0.0792 e. The van der Waals surface area contributed by atoms with Crippen molar-refractivity contribution in [2.75, 3.05) is 13.2 Å². The van der Waals surface area contributed by atoms with E-state index >= 15 is 0 Å². The van der Waals surface area contributed by atoms with Crippen molar-refractivity contribution in [3.8, 4) is 0 Å². The average Bonchev–Trinajstić information content (AvgIpc) is 2.32. The van der Waals surface area contributed by atoms with Gasteiger partial charge in [-0.1, -0.05) is 24.3 Å². The molecule has 0 spiro atoms. The quantitative estimate of drug-likeness (QED) is 0.833. The summed E-state index contributed by atoms with van der Waals surface area (Å²) in [4.78, 5) is 0. The average molecular weight is 222 g/mol. The Balaban J connectivity index is 0.000000221. The van der Waals surface area contributed by atoms with E-state index in [1.807, 2.05) is 32.0 Å². The van der Waals surface area contributed by atoms with Crippen molar-refractivity contribution in [3.63, 3.8) is 0 Å². The number of rotatable bonds is 2. The van der Waals surface area contributed by atoms with E-state index in [2.05, 4.69) is 6.07 Å². The van der Waals surface area contributed by atoms with Crippen LogP contribution in [0.25, 0.3) is 0 Å². The van der Waals surface area contributed by atoms with Crippen LogP contribution in [-0.4, -0.2) is 18.3 Å². The van der Waals surface area contributed by atoms with Gasteiger partial charge in [0.05, 0.1) is 6.10 Å². The van der Waals surface area contributed by atoms with Gasteiger partial charge in [-0.05, 0) is 44.2 Å². The third-order valence-electron chi connectivity index (χ3n) is 2.75. The van der Waals surface area contributed by atoms with Crippen molar-refractivity contribution >= 4 is 0 Å². The second-order valence-electron chi connectivity index (χ2n) is 3.89. The Bertz CT molecular complexity index is 295. The zero-order valence-electron chi connectivity index (χ0n) is 10.3. The molecule has 1 aromatic carbocycles. The summed E-state index contributed by atoms with van der Waals surface area (Å²) in [5.41, 5.74) is 2.46. The number of ether oxygens (including phenoxy) is 1. The first kappa shape index (κ1) is 13.2. The van der Waals surface area contributed by atoms with Crippen molar-refractivity contribution < 1.29 is 9.84 Å². The number of aryl methyl sites for hydroxylation is 1. The molecule has 1 aliphatic carbocycles. The number of benzene rings is 1. The molecule has 1 N–H and O–H groups in total. The van der Waals surface area contributed by atoms with E-state index in [0.717, 1.165) is 38.0 Å². The second-order valence-corrected chi connectivity index (χ2v) is 3.89. The van der Waals surface area contributed by atoms with Gasteiger partial charge in [-0.25, -0.2) is 0 Å². The molecule has 0 amide bonds. The topological polar surface area (TPSA) is 29.5 Å². The fourth-order valence-corrected chi connectivity index (χ4v) is 1.93. The zero-order chi connectivity index (χ0) is 11.8. The number of aliphatic hydroxyl groups is 1. The Hall–Kier alpha value is -0.860. The maximum atomic E-state index is 9.56. The van der Waals surface area contributed by atoms with Gasteiger partial charge in [0.15, 0.2) is 0 Å². The summed E-state index contributed by atoms with van der Waals surface area (Å²) in [5, 5.41) is 9.56. The first-order valence-electron chi connectivity index (χ1n) is 6.13. The summed E-state index contributed by atoms with van der Waals surface area (Å²) in [6, 6.07) is 8.17. The summed E-state index contributed by atoms with van der Waals surface area (Å²) < 4.78 is 4.83. The molecule has 0 heterocycles. The van der Waals surface area contributed by atoms with Gasteiger partial charge in [-0.2, -0.15) is 0 Å². The summed E-state index contributed by atoms with van der Waals surface area (Å²) in [5.74, 6) is 0. The molecule has 2 nitrogen and oxygen atoms in total. The van der Waals surface area contributed by atoms with E-state index in [-0.39, 0.29) is 6.10 Å². The van der Waals surface area contributed by atoms with Crippen LogP contribution in [0.3, 0.4) is 0 Å². The van der Waals surface area contributed by atoms with Gasteiger partial charge < -0.3 is 9.84 Å². The van der Waals surface area contributed by atoms with Gasteiger partial charge in [-0.3, -0.25) is 0 Å². The van der Waals surface area contributed by atoms with Gasteiger partial charge in [-0.15, -0.1) is 0 Å². The standard InChI is InChI=1S/C10H12O.C4H10O/c11-10-7-3-5-8-4-1-2-6-9(8)10;1-3-5-4-2/h1-2,4,6,10-11H,3,5,7H2;3-4H2,1-2H3. The Morgan fingerprint density at radius 2 is 1.94 bits per heavy atom. The van der Waals surface area contributed by atoms with E-state index in [1.165, 1.54) is 5.56 Å². The van der Waals surface area contributed by atoms with Crippen molar-refractivity contribution in [1.82, 2.24) is 0 Å². The van der Waals surface area contributed by atoms with Crippen LogP contribution in [0.5, 0.6) is 0 Å². The Kier molecular flexibility index (Phi) is 6.12. The molecule has 0 fully saturated rings. The zero-order valence-corrected chi connectivity index (χ0v) is 10.3. The van der Waals surface area contributed by atoms with Crippen LogP contribution in [-0.2, 0) is 11.2 Å². The molecular formula is C14H22O2. The van der Waals surface area contributed by atoms with Crippen LogP contribution in [0.2, 0.25) is 0 Å². The fraction of sp³-hybridized carbons (Fsp3) is 0.571. The minimum atomic E-state index is -0.208. The molecule has 0 bridgehead atoms. The molecule has 2 rings (SSSR count). The summed E-state index contributed by atoms with van der Waals surface area (Å²) in [6.45, 7) is 5.67. The van der Waals surface area contributed by atoms with E-state index in [1.54, 1.807) is 0 Å². The molecule has 1 atom stereocenters. The van der Waals surface area contributed by atoms with Crippen molar-refractivity contribution in [2.45, 2.75) is 39.2 Å². The predicted octanol–water partition coefficient (Wildman–Crippen LogP) is 3.10. The van der Waals surface area contributed by atoms with Gasteiger partial charge in [0.2, 0.25) is 0 Å². The molecule has 1 aromatic rings. The molecule has 16 heavy (non-hydrogen) atoms. The molecule has 2 heteroatoms. The van der Waals surface area contributed by atoms with Gasteiger partial charge in [0, 0.05) is 13.2 Å². The largest absolute Gasteiger partial charge is 0.388 e. The molecule has 1 unspecified atom stereocenters. The number of fused-ring (bicyclic) bond motifs is 1. The first-order valence-corrected chi connectivity index (χ1v) is 6.13. The van der Waals surface area contributed by atoms with Crippen LogP contribution in [0.1, 0.15) is 43.9 Å². The molecule has 90 valence electrons. The molecular weight excluding hydrogens is 200 g/mol. The fourth-order valence-electron chi connectivity index (χ4n) is 1.93. The molecule has 0 radical (unpaired) electrons. The Morgan fingerprint density at radius 3 is 2.50 bits per heavy atom. The van der Waals surface area contributed by atoms with Crippen molar-refractivity contribution in [2.24, 2.45) is 0 Å². The van der Waals surface area contributed by atoms with E-state index in [4.69, 9.17) is 4.74 Å². The highest BCUT2D eigenvalue weighted by Crippen LogP contribution is 2.28. The second kappa shape index (κ2) is 7.42. The number of aliphatic hydroxyl groups excluding tert-OH is 1. The van der Waals surface area contributed by atoms with Crippen LogP contribution < -0.4 is 0 Å². The highest BCUT2D eigenvalue weighted by atomic mass is 16.5. The molecule has 0 saturated heterocycles. The van der Waals surface area contributed by atoms with Crippen LogP contribution in [0.15, 0.2) is 24.3 Å². The van der Waals surface area contributed by atoms with Crippen molar-refractivity contribution in [1.29, 1.82) is 0 Å². The normalized spacial score (nSPS) is 18.3. The minimum absolute atomic E-state index is 0.208. The molecule has 0 aliphatic heterocycles. The third kappa shape index (κ3) is 3.95. The Labute approximate surface area is 98.3 Å². The van der Waals surface area contributed by atoms with Gasteiger partial charge >= 0.3 is 0 Å². The third-order valence-corrected chi connectivity index (χ3v) is 2.75. The number of hydrogen-bond acceptors (Lipinski definition) is 2. The van der Waals surface area contributed by atoms with Gasteiger partial charge in [0.1, 0.15) is 0 Å². The highest BCUT2D eigenvalue weighted by molar-refractivity contribution is 5.30. The molecule has 1 aliphatic rings. The lowest BCUT2D eigenvalue weighted by Crippen LogP contribution is -2.08. The van der Waals surface area contributed by atoms with E-state index < -0.39 is 0 Å². The lowest BCUT2D eigenvalue weighted by atomic mass is 9.90. The lowest BCUT2D eigenvalue weighted by Gasteiger charge is -2.20. The van der Waals surface area contributed by atoms with E-state index in [0.29, 0.717) is 0 Å². The summed E-state index contributed by atoms with van der Waals surface area (Å²) in [7, 11) is 0. The predicted molar refractivity (Wildman–Crippen MR) is 66.5 cm³/mol. The maximum absolute atomic E-state index is 9.56. The number of hydrogen-bond donors (Lipinski definition) is 1. The lowest BCUT2D eigenvalue weighted by molar-refractivity contribution is 0.156. The Morgan fingerprint density at radius 1 is 1.25 bits per heavy atom. The SMILES string of the molecule is CCOCC.OC1CCCc2ccccc21. The van der Waals surface area contributed by atoms with Gasteiger partial charge in [0.25, 0.3) is 0 Å². The van der Waals surface area contributed by atoms with Crippen LogP contribution in [0, 0.1) is 0 Å². The van der Waals surface area contributed by atoms with E-state index in [9.17, 15) is 5.11 Å². The summed E-state index contributed by atoms with van der Waals surface area (Å²) in [6.07, 6.45) is 2.97. The monoisotopic (exact) mass is 222 g/mol. The van der Waals surface area contributed by atoms with Crippen LogP contribution in [0.4, 0.5) is 0 Å². The highest BCUT2D eigenvalue weighted by Gasteiger charge is 2.15. The first-order chi connectivity index (χ1) is 7.79. The molecule has 0 aromatic heterocycles. The van der Waals surface area contributed by atoms with Crippen LogP contribution >= 0.6 is 0 Å². The van der Waals surface area contributed by atoms with Crippen molar-refractivity contribution in [3.05, 3.63) is 35.4 Å². The maximum Gasteiger partial charge on any atom is 0.0792 e. The minimum Gasteiger partial charge on any atom is -0.388 e. The molecule has 0 saturated carbocycles. The summed E-state index contributed by atoms with van der Waals surface area (Å²) >= 11 is 0.